The van der Waals surface area contributed by atoms with Gasteiger partial charge in [-0.15, -0.1) is 0 Å². The zero-order valence-corrected chi connectivity index (χ0v) is 54.4. The Morgan fingerprint density at radius 3 is 0.829 bits per heavy atom. The maximum absolute atomic E-state index is 13.0. The molecule has 0 aliphatic rings. The summed E-state index contributed by atoms with van der Waals surface area (Å²) in [7, 11) is -9.87. The van der Waals surface area contributed by atoms with Gasteiger partial charge in [0.15, 0.2) is 12.2 Å². The Bertz CT molecular complexity index is 1600. The summed E-state index contributed by atoms with van der Waals surface area (Å²) < 4.78 is 67.7. The minimum atomic E-state index is -4.94. The Kier molecular flexibility index (Phi) is 55.5. The van der Waals surface area contributed by atoms with E-state index in [1.807, 2.05) is 0 Å². The van der Waals surface area contributed by atoms with Gasteiger partial charge < -0.3 is 33.8 Å². The molecule has 0 heterocycles. The molecule has 0 fully saturated rings. The lowest BCUT2D eigenvalue weighted by molar-refractivity contribution is -0.161. The van der Waals surface area contributed by atoms with E-state index >= 15 is 0 Å². The zero-order valence-electron chi connectivity index (χ0n) is 52.6. The molecule has 0 saturated carbocycles. The number of phosphoric acid groups is 2. The van der Waals surface area contributed by atoms with Gasteiger partial charge in [0.1, 0.15) is 19.3 Å². The highest BCUT2D eigenvalue weighted by Crippen LogP contribution is 2.45. The molecule has 0 rings (SSSR count). The largest absolute Gasteiger partial charge is 0.472 e. The molecule has 82 heavy (non-hydrogen) atoms. The van der Waals surface area contributed by atoms with Gasteiger partial charge in [-0.3, -0.25) is 37.3 Å². The SMILES string of the molecule is CCCCCCCCCCCCCCCCC(=O)OC[C@H](COP(=O)(O)OC[C@@H](O)COP(=O)(O)OC[C@@H](COC(=O)CCCCCCC)OC(=O)CCCCCCCCC(C)C)OC(=O)CCCCCCCCCCCCCCCC. The van der Waals surface area contributed by atoms with Crippen molar-refractivity contribution in [2.75, 3.05) is 39.6 Å². The van der Waals surface area contributed by atoms with Crippen LogP contribution in [0.25, 0.3) is 0 Å². The summed E-state index contributed by atoms with van der Waals surface area (Å²) in [6.45, 7) is 7.01. The standard InChI is InChI=1S/C63H122O17P2/c1-6-9-12-15-17-19-21-23-25-27-29-31-37-42-47-61(66)74-53-59(79-62(67)48-43-38-32-30-28-26-24-22-20-18-16-13-10-7-2)55-78-82(71,72)76-51-57(64)50-75-81(69,70)77-54-58(52-73-60(65)46-41-35-14-11-8-3)80-63(68)49-44-39-34-33-36-40-45-56(4)5/h56-59,64H,6-55H2,1-5H3,(H,69,70)(H,71,72)/t57-,58+,59+/m0/s1. The van der Waals surface area contributed by atoms with Crippen molar-refractivity contribution in [3.8, 4) is 0 Å². The molecule has 0 spiro atoms. The highest BCUT2D eigenvalue weighted by atomic mass is 31.2. The van der Waals surface area contributed by atoms with Crippen LogP contribution in [0, 0.1) is 5.92 Å². The van der Waals surface area contributed by atoms with Crippen LogP contribution in [0.3, 0.4) is 0 Å². The normalized spacial score (nSPS) is 14.3. The molecule has 0 aromatic rings. The summed E-state index contributed by atoms with van der Waals surface area (Å²) >= 11 is 0. The third-order valence-corrected chi connectivity index (χ3v) is 16.4. The molecular formula is C63H122O17P2. The van der Waals surface area contributed by atoms with Crippen LogP contribution < -0.4 is 0 Å². The molecule has 486 valence electrons. The van der Waals surface area contributed by atoms with E-state index in [4.69, 9.17) is 37.0 Å². The predicted octanol–water partition coefficient (Wildman–Crippen LogP) is 17.4. The molecule has 2 unspecified atom stereocenters. The van der Waals surface area contributed by atoms with Crippen molar-refractivity contribution in [2.45, 2.75) is 335 Å². The van der Waals surface area contributed by atoms with E-state index < -0.39 is 97.5 Å². The van der Waals surface area contributed by atoms with E-state index in [9.17, 15) is 43.2 Å². The minimum absolute atomic E-state index is 0.101. The van der Waals surface area contributed by atoms with Crippen LogP contribution in [-0.4, -0.2) is 96.7 Å². The monoisotopic (exact) mass is 1210 g/mol. The number of ether oxygens (including phenoxy) is 4. The van der Waals surface area contributed by atoms with Gasteiger partial charge in [-0.1, -0.05) is 266 Å². The molecule has 0 amide bonds. The van der Waals surface area contributed by atoms with Crippen molar-refractivity contribution >= 4 is 39.5 Å². The third kappa shape index (κ3) is 57.2. The first-order valence-corrected chi connectivity index (χ1v) is 36.1. The van der Waals surface area contributed by atoms with E-state index in [1.165, 1.54) is 135 Å². The van der Waals surface area contributed by atoms with Crippen LogP contribution in [0.2, 0.25) is 0 Å². The van der Waals surface area contributed by atoms with Crippen LogP contribution in [0.4, 0.5) is 0 Å². The van der Waals surface area contributed by atoms with Crippen LogP contribution in [0.15, 0.2) is 0 Å². The van der Waals surface area contributed by atoms with E-state index in [2.05, 4.69) is 34.6 Å². The van der Waals surface area contributed by atoms with Gasteiger partial charge in [0.05, 0.1) is 26.4 Å². The van der Waals surface area contributed by atoms with Crippen molar-refractivity contribution in [1.29, 1.82) is 0 Å². The number of phosphoric ester groups is 2. The predicted molar refractivity (Wildman–Crippen MR) is 326 cm³/mol. The van der Waals surface area contributed by atoms with Crippen LogP contribution in [0.1, 0.15) is 317 Å². The van der Waals surface area contributed by atoms with E-state index in [0.29, 0.717) is 31.6 Å². The molecule has 0 bridgehead atoms. The van der Waals surface area contributed by atoms with Crippen LogP contribution in [0.5, 0.6) is 0 Å². The summed E-state index contributed by atoms with van der Waals surface area (Å²) in [6.07, 6.45) is 40.8. The van der Waals surface area contributed by atoms with Gasteiger partial charge in [0.25, 0.3) is 0 Å². The molecule has 0 radical (unpaired) electrons. The molecule has 17 nitrogen and oxygen atoms in total. The lowest BCUT2D eigenvalue weighted by Gasteiger charge is -2.21. The maximum atomic E-state index is 13.0. The Hall–Kier alpha value is -1.94. The summed E-state index contributed by atoms with van der Waals surface area (Å²) in [6, 6.07) is 0. The van der Waals surface area contributed by atoms with E-state index in [-0.39, 0.29) is 25.7 Å². The minimum Gasteiger partial charge on any atom is -0.462 e. The second-order valence-electron chi connectivity index (χ2n) is 23.3. The topological polar surface area (TPSA) is 237 Å². The third-order valence-electron chi connectivity index (χ3n) is 14.5. The van der Waals surface area contributed by atoms with E-state index in [1.54, 1.807) is 0 Å². The number of aliphatic hydroxyl groups excluding tert-OH is 1. The Labute approximate surface area is 498 Å². The number of unbranched alkanes of at least 4 members (excludes halogenated alkanes) is 35. The molecule has 5 atom stereocenters. The smallest absolute Gasteiger partial charge is 0.462 e. The second-order valence-corrected chi connectivity index (χ2v) is 26.2. The van der Waals surface area contributed by atoms with Gasteiger partial charge >= 0.3 is 39.5 Å². The highest BCUT2D eigenvalue weighted by molar-refractivity contribution is 7.47. The number of hydrogen-bond donors (Lipinski definition) is 3. The van der Waals surface area contributed by atoms with Gasteiger partial charge in [-0.05, 0) is 31.6 Å². The van der Waals surface area contributed by atoms with Crippen LogP contribution in [-0.2, 0) is 65.4 Å². The number of carbonyl (C=O) groups is 4. The lowest BCUT2D eigenvalue weighted by atomic mass is 10.0. The molecule has 19 heteroatoms. The maximum Gasteiger partial charge on any atom is 0.472 e. The number of hydrogen-bond acceptors (Lipinski definition) is 15. The van der Waals surface area contributed by atoms with Crippen molar-refractivity contribution in [1.82, 2.24) is 0 Å². The average Bonchev–Trinajstić information content (AvgIpc) is 3.46. The molecule has 0 aliphatic heterocycles. The van der Waals surface area contributed by atoms with Gasteiger partial charge in [0, 0.05) is 25.7 Å². The van der Waals surface area contributed by atoms with Crippen molar-refractivity contribution in [2.24, 2.45) is 5.92 Å². The Morgan fingerprint density at radius 1 is 0.329 bits per heavy atom. The molecule has 0 aromatic carbocycles. The van der Waals surface area contributed by atoms with Crippen LogP contribution >= 0.6 is 15.6 Å². The average molecular weight is 1210 g/mol. The Balaban J connectivity index is 5.17. The molecule has 0 saturated heterocycles. The molecule has 0 aliphatic carbocycles. The fraction of sp³-hybridized carbons (Fsp3) is 0.937. The fourth-order valence-electron chi connectivity index (χ4n) is 9.41. The zero-order chi connectivity index (χ0) is 60.6. The molecule has 3 N–H and O–H groups in total. The summed E-state index contributed by atoms with van der Waals surface area (Å²) in [5.41, 5.74) is 0. The summed E-state index contributed by atoms with van der Waals surface area (Å²) in [4.78, 5) is 71.9. The number of rotatable bonds is 63. The number of aliphatic hydroxyl groups is 1. The Morgan fingerprint density at radius 2 is 0.561 bits per heavy atom. The van der Waals surface area contributed by atoms with Gasteiger partial charge in [-0.25, -0.2) is 9.13 Å². The highest BCUT2D eigenvalue weighted by Gasteiger charge is 2.30. The van der Waals surface area contributed by atoms with E-state index in [0.717, 1.165) is 96.3 Å². The molecular weight excluding hydrogens is 1090 g/mol. The quantitative estimate of drug-likeness (QED) is 0.0222. The fourth-order valence-corrected chi connectivity index (χ4v) is 11.0. The van der Waals surface area contributed by atoms with Crippen molar-refractivity contribution in [3.63, 3.8) is 0 Å². The first-order valence-electron chi connectivity index (χ1n) is 33.1. The summed E-state index contributed by atoms with van der Waals surface area (Å²) in [5.74, 6) is -1.48. The number of esters is 4. The first-order chi connectivity index (χ1) is 39.5. The van der Waals surface area contributed by atoms with Gasteiger partial charge in [0.2, 0.25) is 0 Å². The number of carbonyl (C=O) groups excluding carboxylic acids is 4. The lowest BCUT2D eigenvalue weighted by Crippen LogP contribution is -2.30. The summed E-state index contributed by atoms with van der Waals surface area (Å²) in [5, 5.41) is 10.5. The first kappa shape index (κ1) is 80.1. The van der Waals surface area contributed by atoms with Gasteiger partial charge in [-0.2, -0.15) is 0 Å². The molecule has 0 aromatic heterocycles. The van der Waals surface area contributed by atoms with Crippen molar-refractivity contribution in [3.05, 3.63) is 0 Å². The van der Waals surface area contributed by atoms with Crippen molar-refractivity contribution < 1.29 is 80.2 Å². The second kappa shape index (κ2) is 56.8.